The van der Waals surface area contributed by atoms with E-state index in [4.69, 9.17) is 17.3 Å². The highest BCUT2D eigenvalue weighted by molar-refractivity contribution is 7.91. The van der Waals surface area contributed by atoms with E-state index in [1.807, 2.05) is 0 Å². The van der Waals surface area contributed by atoms with Crippen LogP contribution in [0, 0.1) is 0 Å². The van der Waals surface area contributed by atoms with Gasteiger partial charge in [0.25, 0.3) is 0 Å². The molecule has 0 amide bonds. The molecule has 2 unspecified atom stereocenters. The highest BCUT2D eigenvalue weighted by Crippen LogP contribution is 2.26. The summed E-state index contributed by atoms with van der Waals surface area (Å²) in [5.41, 5.74) is 5.85. The van der Waals surface area contributed by atoms with Crippen LogP contribution in [0.1, 0.15) is 19.3 Å². The summed E-state index contributed by atoms with van der Waals surface area (Å²) in [6, 6.07) is 3.02. The molecule has 2 atom stereocenters. The molecule has 21 heavy (non-hydrogen) atoms. The summed E-state index contributed by atoms with van der Waals surface area (Å²) in [6.07, 6.45) is 3.27. The Morgan fingerprint density at radius 3 is 2.43 bits per heavy atom. The maximum Gasteiger partial charge on any atom is 0.242 e. The average Bonchev–Trinajstić information content (AvgIpc) is 2.73. The van der Waals surface area contributed by atoms with Gasteiger partial charge in [0.1, 0.15) is 4.90 Å². The van der Waals surface area contributed by atoms with Crippen LogP contribution in [0.5, 0.6) is 0 Å². The van der Waals surface area contributed by atoms with Gasteiger partial charge in [-0.1, -0.05) is 18.0 Å². The van der Waals surface area contributed by atoms with Crippen LogP contribution in [0.4, 0.5) is 0 Å². The fraction of sp³-hybridized carbons (Fsp3) is 0.500. The lowest BCUT2D eigenvalue weighted by Crippen LogP contribution is -2.43. The summed E-state index contributed by atoms with van der Waals surface area (Å²) >= 11 is 5.91. The third-order valence-electron chi connectivity index (χ3n) is 3.50. The van der Waals surface area contributed by atoms with Crippen molar-refractivity contribution in [3.8, 4) is 0 Å². The Kier molecular flexibility index (Phi) is 4.65. The molecule has 0 aromatic heterocycles. The Labute approximate surface area is 129 Å². The summed E-state index contributed by atoms with van der Waals surface area (Å²) in [6.45, 7) is 0. The van der Waals surface area contributed by atoms with Gasteiger partial charge in [0, 0.05) is 18.3 Å². The van der Waals surface area contributed by atoms with Crippen molar-refractivity contribution in [1.29, 1.82) is 0 Å². The van der Waals surface area contributed by atoms with Gasteiger partial charge in [-0.05, 0) is 31.0 Å². The van der Waals surface area contributed by atoms with E-state index in [2.05, 4.69) is 4.72 Å². The van der Waals surface area contributed by atoms with Crippen LogP contribution in [0.25, 0.3) is 0 Å². The normalized spacial score (nSPS) is 23.4. The zero-order chi connectivity index (χ0) is 15.8. The number of nitrogens with two attached hydrogens (primary N) is 1. The van der Waals surface area contributed by atoms with Crippen LogP contribution < -0.4 is 10.5 Å². The van der Waals surface area contributed by atoms with Crippen molar-refractivity contribution < 1.29 is 16.8 Å². The fourth-order valence-electron chi connectivity index (χ4n) is 2.32. The first kappa shape index (κ1) is 16.7. The molecule has 0 spiro atoms. The minimum Gasteiger partial charge on any atom is -0.326 e. The molecule has 1 aliphatic carbocycles. The molecule has 1 aliphatic rings. The quantitative estimate of drug-likeness (QED) is 0.837. The van der Waals surface area contributed by atoms with Crippen LogP contribution in [0.2, 0.25) is 5.02 Å². The van der Waals surface area contributed by atoms with E-state index in [-0.39, 0.29) is 26.9 Å². The van der Waals surface area contributed by atoms with Crippen LogP contribution in [-0.2, 0) is 19.9 Å². The lowest BCUT2D eigenvalue weighted by Gasteiger charge is -2.18. The summed E-state index contributed by atoms with van der Waals surface area (Å²) in [5.74, 6) is 0. The number of benzene rings is 1. The van der Waals surface area contributed by atoms with Crippen LogP contribution in [0.3, 0.4) is 0 Å². The number of nitrogens with one attached hydrogen (secondary N) is 1. The van der Waals surface area contributed by atoms with E-state index in [0.29, 0.717) is 6.42 Å². The van der Waals surface area contributed by atoms with Gasteiger partial charge in [-0.15, -0.1) is 0 Å². The van der Waals surface area contributed by atoms with Gasteiger partial charge < -0.3 is 5.73 Å². The first-order valence-corrected chi connectivity index (χ1v) is 10.1. The maximum atomic E-state index is 12.4. The minimum atomic E-state index is -3.92. The van der Waals surface area contributed by atoms with Gasteiger partial charge in [0.05, 0.1) is 9.92 Å². The molecular weight excluding hydrogens is 336 g/mol. The monoisotopic (exact) mass is 352 g/mol. The molecule has 0 saturated heterocycles. The second kappa shape index (κ2) is 5.85. The molecule has 3 N–H and O–H groups in total. The zero-order valence-corrected chi connectivity index (χ0v) is 13.8. The summed E-state index contributed by atoms with van der Waals surface area (Å²) in [7, 11) is -7.43. The van der Waals surface area contributed by atoms with Crippen molar-refractivity contribution in [2.24, 2.45) is 5.73 Å². The third kappa shape index (κ3) is 3.75. The van der Waals surface area contributed by atoms with Crippen molar-refractivity contribution in [3.05, 3.63) is 23.2 Å². The van der Waals surface area contributed by atoms with Gasteiger partial charge in [-0.2, -0.15) is 0 Å². The number of hydrogen-bond donors (Lipinski definition) is 2. The van der Waals surface area contributed by atoms with Gasteiger partial charge in [0.2, 0.25) is 10.0 Å². The van der Waals surface area contributed by atoms with Crippen molar-refractivity contribution in [1.82, 2.24) is 4.72 Å². The minimum absolute atomic E-state index is 0.0264. The number of halogens is 1. The van der Waals surface area contributed by atoms with E-state index in [1.165, 1.54) is 12.1 Å². The first-order chi connectivity index (χ1) is 9.61. The van der Waals surface area contributed by atoms with Crippen molar-refractivity contribution in [2.75, 3.05) is 6.26 Å². The topological polar surface area (TPSA) is 106 Å². The van der Waals surface area contributed by atoms with E-state index in [0.717, 1.165) is 25.2 Å². The second-order valence-corrected chi connectivity index (χ2v) is 9.29. The van der Waals surface area contributed by atoms with Crippen LogP contribution in [0.15, 0.2) is 28.0 Å². The average molecular weight is 353 g/mol. The summed E-state index contributed by atoms with van der Waals surface area (Å²) < 4.78 is 50.4. The smallest absolute Gasteiger partial charge is 0.242 e. The SMILES string of the molecule is CS(=O)(=O)c1ccc(Cl)c(S(=O)(=O)NC2CCCC2N)c1. The van der Waals surface area contributed by atoms with E-state index in [1.54, 1.807) is 0 Å². The standard InChI is InChI=1S/C12H17ClN2O4S2/c1-20(16,17)8-5-6-9(13)12(7-8)21(18,19)15-11-4-2-3-10(11)14/h5-7,10-11,15H,2-4,14H2,1H3. The lowest BCUT2D eigenvalue weighted by atomic mass is 10.2. The predicted octanol–water partition coefficient (Wildman–Crippen LogP) is 0.902. The lowest BCUT2D eigenvalue weighted by molar-refractivity contribution is 0.522. The fourth-order valence-corrected chi connectivity index (χ4v) is 4.89. The van der Waals surface area contributed by atoms with E-state index in [9.17, 15) is 16.8 Å². The molecule has 0 heterocycles. The van der Waals surface area contributed by atoms with Crippen molar-refractivity contribution >= 4 is 31.5 Å². The molecule has 0 radical (unpaired) electrons. The summed E-state index contributed by atoms with van der Waals surface area (Å²) in [5, 5.41) is -0.0264. The molecule has 6 nitrogen and oxygen atoms in total. The Balaban J connectivity index is 2.40. The van der Waals surface area contributed by atoms with Crippen LogP contribution in [-0.4, -0.2) is 35.2 Å². The third-order valence-corrected chi connectivity index (χ3v) is 6.58. The van der Waals surface area contributed by atoms with Crippen LogP contribution >= 0.6 is 11.6 Å². The molecule has 1 aromatic rings. The van der Waals surface area contributed by atoms with E-state index >= 15 is 0 Å². The molecule has 118 valence electrons. The first-order valence-electron chi connectivity index (χ1n) is 6.39. The highest BCUT2D eigenvalue weighted by atomic mass is 35.5. The molecule has 0 aliphatic heterocycles. The van der Waals surface area contributed by atoms with Crippen molar-refractivity contribution in [3.63, 3.8) is 0 Å². The molecular formula is C12H17ClN2O4S2. The number of sulfone groups is 1. The molecule has 0 bridgehead atoms. The molecule has 1 saturated carbocycles. The highest BCUT2D eigenvalue weighted by Gasteiger charge is 2.30. The molecule has 2 rings (SSSR count). The second-order valence-electron chi connectivity index (χ2n) is 5.19. The number of rotatable bonds is 4. The predicted molar refractivity (Wildman–Crippen MR) is 80.5 cm³/mol. The maximum absolute atomic E-state index is 12.4. The van der Waals surface area contributed by atoms with Gasteiger partial charge in [0.15, 0.2) is 9.84 Å². The Morgan fingerprint density at radius 1 is 1.24 bits per heavy atom. The van der Waals surface area contributed by atoms with Crippen molar-refractivity contribution in [2.45, 2.75) is 41.1 Å². The Bertz CT molecular complexity index is 747. The Morgan fingerprint density at radius 2 is 1.90 bits per heavy atom. The largest absolute Gasteiger partial charge is 0.326 e. The van der Waals surface area contributed by atoms with Gasteiger partial charge in [-0.3, -0.25) is 0 Å². The molecule has 1 fully saturated rings. The van der Waals surface area contributed by atoms with Gasteiger partial charge >= 0.3 is 0 Å². The zero-order valence-electron chi connectivity index (χ0n) is 11.4. The number of hydrogen-bond acceptors (Lipinski definition) is 5. The number of sulfonamides is 1. The summed E-state index contributed by atoms with van der Waals surface area (Å²) in [4.78, 5) is -0.339. The Hall–Kier alpha value is -0.670. The van der Waals surface area contributed by atoms with E-state index < -0.39 is 19.9 Å². The van der Waals surface area contributed by atoms with Gasteiger partial charge in [-0.25, -0.2) is 21.6 Å². The molecule has 9 heteroatoms. The molecule has 1 aromatic carbocycles.